The van der Waals surface area contributed by atoms with E-state index in [1.165, 1.54) is 11.8 Å². The molecule has 0 bridgehead atoms. The summed E-state index contributed by atoms with van der Waals surface area (Å²) in [4.78, 5) is 31.7. The van der Waals surface area contributed by atoms with E-state index in [0.717, 1.165) is 21.8 Å². The van der Waals surface area contributed by atoms with Gasteiger partial charge < -0.3 is 15.6 Å². The lowest BCUT2D eigenvalue weighted by molar-refractivity contribution is -0.120. The van der Waals surface area contributed by atoms with E-state index >= 15 is 0 Å². The second-order valence-electron chi connectivity index (χ2n) is 5.64. The molecular weight excluding hydrogens is 348 g/mol. The molecule has 7 heteroatoms. The van der Waals surface area contributed by atoms with Crippen molar-refractivity contribution in [2.24, 2.45) is 0 Å². The zero-order valence-electron chi connectivity index (χ0n) is 14.4. The molecule has 0 saturated heterocycles. The van der Waals surface area contributed by atoms with Crippen LogP contribution >= 0.6 is 11.8 Å². The third kappa shape index (κ3) is 4.43. The van der Waals surface area contributed by atoms with E-state index in [0.29, 0.717) is 17.9 Å². The van der Waals surface area contributed by atoms with Crippen LogP contribution in [0.4, 0.5) is 0 Å². The molecule has 3 aromatic rings. The van der Waals surface area contributed by atoms with Gasteiger partial charge in [0, 0.05) is 17.9 Å². The number of aromatic amines is 1. The van der Waals surface area contributed by atoms with Crippen LogP contribution in [0.15, 0.2) is 53.7 Å². The topological polar surface area (TPSA) is 86.9 Å². The number of para-hydroxylation sites is 2. The van der Waals surface area contributed by atoms with Gasteiger partial charge in [-0.05, 0) is 30.7 Å². The van der Waals surface area contributed by atoms with Crippen molar-refractivity contribution in [1.82, 2.24) is 20.6 Å². The Hall–Kier alpha value is -2.80. The van der Waals surface area contributed by atoms with E-state index in [1.807, 2.05) is 49.4 Å². The summed E-state index contributed by atoms with van der Waals surface area (Å²) in [5.74, 6) is 0.150. The van der Waals surface area contributed by atoms with Gasteiger partial charge in [0.1, 0.15) is 0 Å². The lowest BCUT2D eigenvalue weighted by Gasteiger charge is -2.09. The molecule has 134 valence electrons. The van der Waals surface area contributed by atoms with Gasteiger partial charge in [0.25, 0.3) is 5.91 Å². The number of fused-ring (bicyclic) bond motifs is 1. The lowest BCUT2D eigenvalue weighted by Crippen LogP contribution is -2.37. The molecule has 6 nitrogen and oxygen atoms in total. The van der Waals surface area contributed by atoms with E-state index in [2.05, 4.69) is 20.6 Å². The second kappa shape index (κ2) is 8.53. The minimum atomic E-state index is -0.253. The molecule has 0 saturated carbocycles. The maximum Gasteiger partial charge on any atom is 0.252 e. The number of likely N-dealkylation sites (N-methyl/N-ethyl adjacent to an activating group) is 1. The van der Waals surface area contributed by atoms with Crippen LogP contribution in [-0.2, 0) is 10.5 Å². The summed E-state index contributed by atoms with van der Waals surface area (Å²) in [7, 11) is 0. The van der Waals surface area contributed by atoms with Gasteiger partial charge in [-0.2, -0.15) is 0 Å². The Bertz CT molecular complexity index is 890. The average Bonchev–Trinajstić information content (AvgIpc) is 3.08. The van der Waals surface area contributed by atoms with Crippen LogP contribution in [0.1, 0.15) is 22.8 Å². The van der Waals surface area contributed by atoms with E-state index in [1.54, 1.807) is 6.07 Å². The predicted octanol–water partition coefficient (Wildman–Crippen LogP) is 2.72. The fraction of sp³-hybridized carbons (Fsp3) is 0.211. The molecule has 2 amide bonds. The minimum Gasteiger partial charge on any atom is -0.355 e. The Morgan fingerprint density at radius 1 is 1.08 bits per heavy atom. The van der Waals surface area contributed by atoms with Crippen molar-refractivity contribution in [1.29, 1.82) is 0 Å². The fourth-order valence-corrected chi connectivity index (χ4v) is 3.42. The van der Waals surface area contributed by atoms with Gasteiger partial charge in [-0.3, -0.25) is 9.59 Å². The number of carbonyl (C=O) groups excluding carboxylic acids is 2. The molecule has 1 aromatic heterocycles. The number of thioether (sulfide) groups is 1. The Morgan fingerprint density at radius 3 is 2.65 bits per heavy atom. The smallest absolute Gasteiger partial charge is 0.252 e. The molecule has 2 aromatic carbocycles. The van der Waals surface area contributed by atoms with Crippen molar-refractivity contribution in [2.45, 2.75) is 17.8 Å². The molecule has 0 fully saturated rings. The lowest BCUT2D eigenvalue weighted by atomic mass is 10.1. The summed E-state index contributed by atoms with van der Waals surface area (Å²) in [6.45, 7) is 2.35. The summed E-state index contributed by atoms with van der Waals surface area (Å²) < 4.78 is 0. The van der Waals surface area contributed by atoms with Crippen molar-refractivity contribution in [3.8, 4) is 0 Å². The maximum absolute atomic E-state index is 12.4. The first kappa shape index (κ1) is 18.0. The molecule has 0 aliphatic rings. The first-order chi connectivity index (χ1) is 12.7. The van der Waals surface area contributed by atoms with Gasteiger partial charge in [-0.15, -0.1) is 0 Å². The zero-order valence-corrected chi connectivity index (χ0v) is 15.2. The average molecular weight is 368 g/mol. The van der Waals surface area contributed by atoms with Crippen LogP contribution in [-0.4, -0.2) is 34.9 Å². The highest BCUT2D eigenvalue weighted by Crippen LogP contribution is 2.24. The second-order valence-corrected chi connectivity index (χ2v) is 6.61. The number of aromatic nitrogens is 2. The number of rotatable bonds is 7. The Labute approximate surface area is 155 Å². The normalized spacial score (nSPS) is 10.7. The van der Waals surface area contributed by atoms with Crippen LogP contribution in [0.3, 0.4) is 0 Å². The van der Waals surface area contributed by atoms with Gasteiger partial charge in [-0.1, -0.05) is 42.1 Å². The highest BCUT2D eigenvalue weighted by atomic mass is 32.2. The van der Waals surface area contributed by atoms with E-state index < -0.39 is 0 Å². The first-order valence-electron chi connectivity index (χ1n) is 8.37. The van der Waals surface area contributed by atoms with Crippen LogP contribution in [0.25, 0.3) is 11.0 Å². The molecule has 26 heavy (non-hydrogen) atoms. The van der Waals surface area contributed by atoms with Gasteiger partial charge in [0.2, 0.25) is 5.91 Å². The summed E-state index contributed by atoms with van der Waals surface area (Å²) in [5.41, 5.74) is 3.37. The maximum atomic E-state index is 12.4. The molecule has 0 atom stereocenters. The third-order valence-electron chi connectivity index (χ3n) is 3.78. The van der Waals surface area contributed by atoms with Crippen LogP contribution in [0.5, 0.6) is 0 Å². The largest absolute Gasteiger partial charge is 0.355 e. The third-order valence-corrected chi connectivity index (χ3v) is 4.70. The summed E-state index contributed by atoms with van der Waals surface area (Å²) in [5, 5.41) is 6.13. The van der Waals surface area contributed by atoms with E-state index in [4.69, 9.17) is 0 Å². The number of hydrogen-bond donors (Lipinski definition) is 3. The zero-order chi connectivity index (χ0) is 18.4. The van der Waals surface area contributed by atoms with Gasteiger partial charge >= 0.3 is 0 Å². The van der Waals surface area contributed by atoms with Crippen LogP contribution in [0, 0.1) is 0 Å². The van der Waals surface area contributed by atoms with Crippen molar-refractivity contribution in [2.75, 3.05) is 13.1 Å². The number of carbonyl (C=O) groups is 2. The Kier molecular flexibility index (Phi) is 5.91. The predicted molar refractivity (Wildman–Crippen MR) is 103 cm³/mol. The number of nitrogens with zero attached hydrogens (tertiary/aromatic N) is 1. The number of benzene rings is 2. The summed E-state index contributed by atoms with van der Waals surface area (Å²) in [6.07, 6.45) is 0. The molecule has 0 spiro atoms. The van der Waals surface area contributed by atoms with E-state index in [9.17, 15) is 9.59 Å². The number of nitrogens with one attached hydrogen (secondary N) is 3. The van der Waals surface area contributed by atoms with Crippen molar-refractivity contribution >= 4 is 34.6 Å². The standard InChI is InChI=1S/C19H20N4O2S/c1-2-20-17(24)11-21-18(25)14-8-4-3-7-13(14)12-26-19-22-15-9-5-6-10-16(15)23-19/h3-10H,2,11-12H2,1H3,(H,20,24)(H,21,25)(H,22,23). The number of hydrogen-bond acceptors (Lipinski definition) is 4. The van der Waals surface area contributed by atoms with Crippen LogP contribution < -0.4 is 10.6 Å². The SMILES string of the molecule is CCNC(=O)CNC(=O)c1ccccc1CSc1nc2ccccc2[nH]1. The minimum absolute atomic E-state index is 0.0300. The van der Waals surface area contributed by atoms with Gasteiger partial charge in [0.15, 0.2) is 5.16 Å². The van der Waals surface area contributed by atoms with Gasteiger partial charge in [0.05, 0.1) is 17.6 Å². The monoisotopic (exact) mass is 368 g/mol. The highest BCUT2D eigenvalue weighted by molar-refractivity contribution is 7.98. The van der Waals surface area contributed by atoms with Crippen molar-refractivity contribution in [3.05, 3.63) is 59.7 Å². The van der Waals surface area contributed by atoms with Crippen molar-refractivity contribution in [3.63, 3.8) is 0 Å². The molecule has 0 aliphatic heterocycles. The first-order valence-corrected chi connectivity index (χ1v) is 9.36. The Balaban J connectivity index is 1.66. The Morgan fingerprint density at radius 2 is 1.85 bits per heavy atom. The molecule has 0 unspecified atom stereocenters. The fourth-order valence-electron chi connectivity index (χ4n) is 2.53. The molecule has 0 aliphatic carbocycles. The highest BCUT2D eigenvalue weighted by Gasteiger charge is 2.13. The molecule has 0 radical (unpaired) electrons. The van der Waals surface area contributed by atoms with E-state index in [-0.39, 0.29) is 18.4 Å². The molecule has 3 rings (SSSR count). The molecular formula is C19H20N4O2S. The van der Waals surface area contributed by atoms with Crippen molar-refractivity contribution < 1.29 is 9.59 Å². The summed E-state index contributed by atoms with van der Waals surface area (Å²) >= 11 is 1.54. The van der Waals surface area contributed by atoms with Crippen LogP contribution in [0.2, 0.25) is 0 Å². The quantitative estimate of drug-likeness (QED) is 0.560. The summed E-state index contributed by atoms with van der Waals surface area (Å²) in [6, 6.07) is 15.2. The van der Waals surface area contributed by atoms with Gasteiger partial charge in [-0.25, -0.2) is 4.98 Å². The number of imidazole rings is 1. The molecule has 1 heterocycles. The number of H-pyrrole nitrogens is 1. The molecule has 3 N–H and O–H groups in total. The number of amides is 2.